The minimum atomic E-state index is -0.527. The third-order valence-corrected chi connectivity index (χ3v) is 5.77. The molecule has 158 valence electrons. The van der Waals surface area contributed by atoms with Gasteiger partial charge in [-0.2, -0.15) is 0 Å². The standard InChI is InChI=1S/C26H25FN2O2/c27-23-14-8-7-13-22(23)25(30)28-21-15-17-29(18-16-21)26(31)24(19-9-3-1-4-10-19)20-11-5-2-6-12-20/h1-14,21,24H,15-18H2,(H,28,30). The Morgan fingerprint density at radius 2 is 1.32 bits per heavy atom. The number of carbonyl (C=O) groups excluding carboxylic acids is 2. The maximum Gasteiger partial charge on any atom is 0.254 e. The Labute approximate surface area is 181 Å². The topological polar surface area (TPSA) is 49.4 Å². The molecule has 0 saturated carbocycles. The normalized spacial score (nSPS) is 14.5. The second-order valence-electron chi connectivity index (χ2n) is 7.81. The lowest BCUT2D eigenvalue weighted by Gasteiger charge is -2.35. The van der Waals surface area contributed by atoms with Crippen molar-refractivity contribution in [3.8, 4) is 0 Å². The molecule has 3 aromatic carbocycles. The molecule has 4 rings (SSSR count). The van der Waals surface area contributed by atoms with E-state index in [1.54, 1.807) is 12.1 Å². The maximum absolute atomic E-state index is 13.9. The number of piperidine rings is 1. The number of hydrogen-bond donors (Lipinski definition) is 1. The summed E-state index contributed by atoms with van der Waals surface area (Å²) >= 11 is 0. The summed E-state index contributed by atoms with van der Waals surface area (Å²) < 4.78 is 13.9. The Morgan fingerprint density at radius 1 is 0.806 bits per heavy atom. The van der Waals surface area contributed by atoms with Crippen LogP contribution in [0.15, 0.2) is 84.9 Å². The summed E-state index contributed by atoms with van der Waals surface area (Å²) in [5.41, 5.74) is 1.98. The summed E-state index contributed by atoms with van der Waals surface area (Å²) in [4.78, 5) is 27.8. The van der Waals surface area contributed by atoms with E-state index in [9.17, 15) is 14.0 Å². The highest BCUT2D eigenvalue weighted by Gasteiger charge is 2.31. The number of rotatable bonds is 5. The molecule has 0 aliphatic carbocycles. The molecule has 0 radical (unpaired) electrons. The average Bonchev–Trinajstić information content (AvgIpc) is 2.81. The van der Waals surface area contributed by atoms with Crippen LogP contribution in [0.3, 0.4) is 0 Å². The summed E-state index contributed by atoms with van der Waals surface area (Å²) in [6.45, 7) is 1.11. The van der Waals surface area contributed by atoms with E-state index >= 15 is 0 Å². The monoisotopic (exact) mass is 416 g/mol. The van der Waals surface area contributed by atoms with E-state index < -0.39 is 11.7 Å². The maximum atomic E-state index is 13.9. The minimum absolute atomic E-state index is 0.0502. The second-order valence-corrected chi connectivity index (χ2v) is 7.81. The van der Waals surface area contributed by atoms with Crippen molar-refractivity contribution in [2.75, 3.05) is 13.1 Å². The quantitative estimate of drug-likeness (QED) is 0.671. The third kappa shape index (κ3) is 4.82. The van der Waals surface area contributed by atoms with Crippen LogP contribution >= 0.6 is 0 Å². The van der Waals surface area contributed by atoms with Gasteiger partial charge >= 0.3 is 0 Å². The Morgan fingerprint density at radius 3 is 1.87 bits per heavy atom. The first kappa shape index (κ1) is 20.8. The first-order chi connectivity index (χ1) is 15.1. The van der Waals surface area contributed by atoms with Gasteiger partial charge in [-0.05, 0) is 36.1 Å². The van der Waals surface area contributed by atoms with Gasteiger partial charge in [0.15, 0.2) is 0 Å². The molecule has 1 aliphatic rings. The number of benzene rings is 3. The van der Waals surface area contributed by atoms with Gasteiger partial charge in [-0.3, -0.25) is 9.59 Å². The van der Waals surface area contributed by atoms with Gasteiger partial charge < -0.3 is 10.2 Å². The van der Waals surface area contributed by atoms with Crippen LogP contribution in [-0.2, 0) is 4.79 Å². The summed E-state index contributed by atoms with van der Waals surface area (Å²) in [5, 5.41) is 2.91. The summed E-state index contributed by atoms with van der Waals surface area (Å²) in [6.07, 6.45) is 1.28. The second kappa shape index (κ2) is 9.56. The molecule has 1 aliphatic heterocycles. The van der Waals surface area contributed by atoms with E-state index in [0.29, 0.717) is 25.9 Å². The van der Waals surface area contributed by atoms with Gasteiger partial charge in [0.1, 0.15) is 5.82 Å². The van der Waals surface area contributed by atoms with E-state index in [0.717, 1.165) is 11.1 Å². The largest absolute Gasteiger partial charge is 0.349 e. The molecule has 1 heterocycles. The van der Waals surface area contributed by atoms with Crippen molar-refractivity contribution in [2.24, 2.45) is 0 Å². The molecule has 31 heavy (non-hydrogen) atoms. The summed E-state index contributed by atoms with van der Waals surface area (Å²) in [6, 6.07) is 25.5. The average molecular weight is 416 g/mol. The molecule has 5 heteroatoms. The molecule has 0 spiro atoms. The predicted octanol–water partition coefficient (Wildman–Crippen LogP) is 4.38. The molecule has 1 fully saturated rings. The van der Waals surface area contributed by atoms with Crippen molar-refractivity contribution in [2.45, 2.75) is 24.8 Å². The van der Waals surface area contributed by atoms with Crippen molar-refractivity contribution >= 4 is 11.8 Å². The molecule has 1 saturated heterocycles. The highest BCUT2D eigenvalue weighted by molar-refractivity contribution is 5.94. The number of nitrogens with zero attached hydrogens (tertiary/aromatic N) is 1. The van der Waals surface area contributed by atoms with Crippen LogP contribution in [0.1, 0.15) is 40.2 Å². The summed E-state index contributed by atoms with van der Waals surface area (Å²) in [7, 11) is 0. The molecule has 0 bridgehead atoms. The van der Waals surface area contributed by atoms with E-state index in [2.05, 4.69) is 5.32 Å². The highest BCUT2D eigenvalue weighted by atomic mass is 19.1. The Hall–Kier alpha value is -3.47. The zero-order valence-electron chi connectivity index (χ0n) is 17.2. The van der Waals surface area contributed by atoms with Crippen molar-refractivity contribution in [3.63, 3.8) is 0 Å². The molecular formula is C26H25FN2O2. The zero-order chi connectivity index (χ0) is 21.6. The molecule has 2 amide bonds. The fourth-order valence-corrected chi connectivity index (χ4v) is 4.10. The SMILES string of the molecule is O=C(NC1CCN(C(=O)C(c2ccccc2)c2ccccc2)CC1)c1ccccc1F. The fraction of sp³-hybridized carbons (Fsp3) is 0.231. The molecule has 3 aromatic rings. The van der Waals surface area contributed by atoms with E-state index in [1.807, 2.05) is 65.6 Å². The van der Waals surface area contributed by atoms with Crippen molar-refractivity contribution < 1.29 is 14.0 Å². The van der Waals surface area contributed by atoms with Crippen LogP contribution in [-0.4, -0.2) is 35.8 Å². The smallest absolute Gasteiger partial charge is 0.254 e. The predicted molar refractivity (Wildman–Crippen MR) is 118 cm³/mol. The fourth-order valence-electron chi connectivity index (χ4n) is 4.10. The third-order valence-electron chi connectivity index (χ3n) is 5.77. The van der Waals surface area contributed by atoms with Gasteiger partial charge in [-0.25, -0.2) is 4.39 Å². The van der Waals surface area contributed by atoms with Gasteiger partial charge in [0, 0.05) is 19.1 Å². The number of hydrogen-bond acceptors (Lipinski definition) is 2. The van der Waals surface area contributed by atoms with Gasteiger partial charge in [0.05, 0.1) is 11.5 Å². The molecule has 0 atom stereocenters. The zero-order valence-corrected chi connectivity index (χ0v) is 17.2. The van der Waals surface area contributed by atoms with E-state index in [4.69, 9.17) is 0 Å². The summed E-state index contributed by atoms with van der Waals surface area (Å²) in [5.74, 6) is -1.22. The van der Waals surface area contributed by atoms with Crippen molar-refractivity contribution in [1.82, 2.24) is 10.2 Å². The molecule has 1 N–H and O–H groups in total. The highest BCUT2D eigenvalue weighted by Crippen LogP contribution is 2.28. The van der Waals surface area contributed by atoms with E-state index in [1.165, 1.54) is 12.1 Å². The lowest BCUT2D eigenvalue weighted by atomic mass is 9.89. The number of carbonyl (C=O) groups is 2. The van der Waals surface area contributed by atoms with Crippen LogP contribution in [0.5, 0.6) is 0 Å². The molecule has 4 nitrogen and oxygen atoms in total. The van der Waals surface area contributed by atoms with Crippen LogP contribution in [0, 0.1) is 5.82 Å². The van der Waals surface area contributed by atoms with Gasteiger partial charge in [0.2, 0.25) is 5.91 Å². The van der Waals surface area contributed by atoms with Crippen LogP contribution < -0.4 is 5.32 Å². The van der Waals surface area contributed by atoms with Gasteiger partial charge in [0.25, 0.3) is 5.91 Å². The van der Waals surface area contributed by atoms with Crippen molar-refractivity contribution in [3.05, 3.63) is 107 Å². The Balaban J connectivity index is 1.43. The Kier molecular flexibility index (Phi) is 6.41. The molecule has 0 unspecified atom stereocenters. The molecular weight excluding hydrogens is 391 g/mol. The number of halogens is 1. The first-order valence-electron chi connectivity index (χ1n) is 10.6. The van der Waals surface area contributed by atoms with Crippen LogP contribution in [0.2, 0.25) is 0 Å². The number of nitrogens with one attached hydrogen (secondary N) is 1. The van der Waals surface area contributed by atoms with Crippen LogP contribution in [0.4, 0.5) is 4.39 Å². The Bertz CT molecular complexity index is 992. The lowest BCUT2D eigenvalue weighted by molar-refractivity contribution is -0.132. The lowest BCUT2D eigenvalue weighted by Crippen LogP contribution is -2.48. The van der Waals surface area contributed by atoms with Crippen LogP contribution in [0.25, 0.3) is 0 Å². The number of likely N-dealkylation sites (tertiary alicyclic amines) is 1. The number of amides is 2. The molecule has 0 aromatic heterocycles. The van der Waals surface area contributed by atoms with E-state index in [-0.39, 0.29) is 23.4 Å². The van der Waals surface area contributed by atoms with Gasteiger partial charge in [-0.1, -0.05) is 72.8 Å². The minimum Gasteiger partial charge on any atom is -0.349 e. The van der Waals surface area contributed by atoms with Gasteiger partial charge in [-0.15, -0.1) is 0 Å². The first-order valence-corrected chi connectivity index (χ1v) is 10.6. The van der Waals surface area contributed by atoms with Crippen molar-refractivity contribution in [1.29, 1.82) is 0 Å².